The number of carbonyl (C=O) groups is 1. The number of ether oxygens (including phenoxy) is 3. The Balaban J connectivity index is 1.55. The second kappa shape index (κ2) is 12.6. The molecular weight excluding hydrogens is 560 g/mol. The summed E-state index contributed by atoms with van der Waals surface area (Å²) in [6.07, 6.45) is 1.80. The number of aromatic nitrogens is 1. The van der Waals surface area contributed by atoms with E-state index in [1.165, 1.54) is 11.3 Å². The molecule has 0 bridgehead atoms. The lowest BCUT2D eigenvalue weighted by Gasteiger charge is -2.24. The Morgan fingerprint density at radius 3 is 2.49 bits per heavy atom. The molecular formula is C32H29ClN2O5S. The van der Waals surface area contributed by atoms with Gasteiger partial charge in [0.05, 0.1) is 35.1 Å². The molecule has 41 heavy (non-hydrogen) atoms. The molecule has 0 saturated heterocycles. The number of carbonyl (C=O) groups excluding carboxylic acids is 1. The molecule has 3 aromatic carbocycles. The zero-order valence-corrected chi connectivity index (χ0v) is 24.5. The van der Waals surface area contributed by atoms with Crippen molar-refractivity contribution in [2.45, 2.75) is 33.4 Å². The molecule has 0 radical (unpaired) electrons. The van der Waals surface area contributed by atoms with Crippen molar-refractivity contribution in [2.24, 2.45) is 4.99 Å². The Hall–Kier alpha value is -4.14. The lowest BCUT2D eigenvalue weighted by molar-refractivity contribution is -0.139. The van der Waals surface area contributed by atoms with Gasteiger partial charge in [-0.25, -0.2) is 9.79 Å². The van der Waals surface area contributed by atoms with Crippen molar-refractivity contribution in [3.05, 3.63) is 125 Å². The average molecular weight is 589 g/mol. The summed E-state index contributed by atoms with van der Waals surface area (Å²) in [6, 6.07) is 21.9. The maximum Gasteiger partial charge on any atom is 0.338 e. The van der Waals surface area contributed by atoms with Gasteiger partial charge in [-0.2, -0.15) is 0 Å². The first-order valence-corrected chi connectivity index (χ1v) is 14.5. The third-order valence-electron chi connectivity index (χ3n) is 6.54. The molecule has 210 valence electrons. The molecule has 7 nitrogen and oxygen atoms in total. The summed E-state index contributed by atoms with van der Waals surface area (Å²) >= 11 is 7.56. The maximum atomic E-state index is 13.8. The van der Waals surface area contributed by atoms with Crippen molar-refractivity contribution < 1.29 is 19.0 Å². The van der Waals surface area contributed by atoms with E-state index in [-0.39, 0.29) is 12.2 Å². The Labute approximate surface area is 246 Å². The minimum absolute atomic E-state index is 0.224. The zero-order valence-electron chi connectivity index (χ0n) is 22.9. The van der Waals surface area contributed by atoms with Crippen LogP contribution in [0.25, 0.3) is 6.08 Å². The van der Waals surface area contributed by atoms with Crippen LogP contribution in [0.1, 0.15) is 43.5 Å². The second-order valence-electron chi connectivity index (χ2n) is 9.23. The lowest BCUT2D eigenvalue weighted by atomic mass is 9.96. The van der Waals surface area contributed by atoms with Crippen molar-refractivity contribution in [1.29, 1.82) is 0 Å². The molecule has 0 fully saturated rings. The maximum absolute atomic E-state index is 13.8. The van der Waals surface area contributed by atoms with Gasteiger partial charge in [-0.1, -0.05) is 77.5 Å². The molecule has 0 N–H and O–H groups in total. The molecule has 1 aliphatic heterocycles. The molecule has 0 spiro atoms. The van der Waals surface area contributed by atoms with Gasteiger partial charge in [-0.05, 0) is 56.2 Å². The number of hydrogen-bond donors (Lipinski definition) is 0. The average Bonchev–Trinajstić information content (AvgIpc) is 3.27. The van der Waals surface area contributed by atoms with E-state index in [9.17, 15) is 9.59 Å². The van der Waals surface area contributed by atoms with E-state index in [0.29, 0.717) is 50.3 Å². The van der Waals surface area contributed by atoms with Gasteiger partial charge >= 0.3 is 5.97 Å². The number of thiazole rings is 1. The molecule has 1 atom stereocenters. The van der Waals surface area contributed by atoms with Crippen LogP contribution in [0.3, 0.4) is 0 Å². The molecule has 0 saturated carbocycles. The van der Waals surface area contributed by atoms with Gasteiger partial charge in [0.2, 0.25) is 0 Å². The Morgan fingerprint density at radius 1 is 1.00 bits per heavy atom. The first kappa shape index (κ1) is 28.4. The van der Waals surface area contributed by atoms with Crippen LogP contribution in [0.5, 0.6) is 11.5 Å². The summed E-state index contributed by atoms with van der Waals surface area (Å²) < 4.78 is 19.3. The largest absolute Gasteiger partial charge is 0.490 e. The monoisotopic (exact) mass is 588 g/mol. The van der Waals surface area contributed by atoms with E-state index >= 15 is 0 Å². The van der Waals surface area contributed by atoms with E-state index in [1.54, 1.807) is 24.5 Å². The van der Waals surface area contributed by atoms with E-state index < -0.39 is 12.0 Å². The van der Waals surface area contributed by atoms with Gasteiger partial charge in [-0.15, -0.1) is 0 Å². The third kappa shape index (κ3) is 5.99. The fourth-order valence-corrected chi connectivity index (χ4v) is 5.90. The van der Waals surface area contributed by atoms with E-state index in [0.717, 1.165) is 16.7 Å². The number of nitrogens with zero attached hydrogens (tertiary/aromatic N) is 2. The van der Waals surface area contributed by atoms with Crippen LogP contribution in [0, 0.1) is 0 Å². The Morgan fingerprint density at radius 2 is 1.76 bits per heavy atom. The van der Waals surface area contributed by atoms with Crippen LogP contribution >= 0.6 is 22.9 Å². The van der Waals surface area contributed by atoms with Crippen LogP contribution in [0.15, 0.2) is 93.9 Å². The minimum atomic E-state index is -0.645. The highest BCUT2D eigenvalue weighted by Gasteiger charge is 2.33. The van der Waals surface area contributed by atoms with Gasteiger partial charge in [0, 0.05) is 10.6 Å². The SMILES string of the molecule is CCOC(=O)C1=C(C)N=c2s/c(=C\c3ccc(OCc4ccccc4Cl)c(OCC)c3)c(=O)n2C1c1ccccc1. The van der Waals surface area contributed by atoms with Crippen LogP contribution in [0.2, 0.25) is 5.02 Å². The van der Waals surface area contributed by atoms with Gasteiger partial charge in [-0.3, -0.25) is 9.36 Å². The van der Waals surface area contributed by atoms with Gasteiger partial charge in [0.15, 0.2) is 16.3 Å². The predicted molar refractivity (Wildman–Crippen MR) is 160 cm³/mol. The molecule has 9 heteroatoms. The number of hydrogen-bond acceptors (Lipinski definition) is 7. The number of halogens is 1. The first-order chi connectivity index (χ1) is 19.9. The quantitative estimate of drug-likeness (QED) is 0.244. The van der Waals surface area contributed by atoms with Gasteiger partial charge in [0.25, 0.3) is 5.56 Å². The number of fused-ring (bicyclic) bond motifs is 1. The number of esters is 1. The Kier molecular flexibility index (Phi) is 8.71. The van der Waals surface area contributed by atoms with Crippen molar-refractivity contribution in [2.75, 3.05) is 13.2 Å². The second-order valence-corrected chi connectivity index (χ2v) is 10.6. The fourth-order valence-electron chi connectivity index (χ4n) is 4.67. The summed E-state index contributed by atoms with van der Waals surface area (Å²) in [7, 11) is 0. The highest BCUT2D eigenvalue weighted by molar-refractivity contribution is 7.07. The van der Waals surface area contributed by atoms with Crippen LogP contribution in [-0.4, -0.2) is 23.8 Å². The fraction of sp³-hybridized carbons (Fsp3) is 0.219. The highest BCUT2D eigenvalue weighted by Crippen LogP contribution is 2.32. The standard InChI is InChI=1S/C32H29ClN2O5S/c1-4-38-26-17-21(15-16-25(26)40-19-23-13-9-10-14-24(23)33)18-27-30(36)35-29(22-11-7-6-8-12-22)28(31(37)39-5-2)20(3)34-32(35)41-27/h6-18,29H,4-5,19H2,1-3H3/b27-18-. The van der Waals surface area contributed by atoms with Crippen molar-refractivity contribution >= 4 is 35.0 Å². The van der Waals surface area contributed by atoms with Crippen molar-refractivity contribution in [3.63, 3.8) is 0 Å². The van der Waals surface area contributed by atoms with Crippen molar-refractivity contribution in [1.82, 2.24) is 4.57 Å². The minimum Gasteiger partial charge on any atom is -0.490 e. The molecule has 5 rings (SSSR count). The van der Waals surface area contributed by atoms with Crippen LogP contribution in [0.4, 0.5) is 0 Å². The lowest BCUT2D eigenvalue weighted by Crippen LogP contribution is -2.39. The number of allylic oxidation sites excluding steroid dienone is 1. The molecule has 0 aliphatic carbocycles. The summed E-state index contributed by atoms with van der Waals surface area (Å²) in [6.45, 7) is 6.39. The summed E-state index contributed by atoms with van der Waals surface area (Å²) in [5.74, 6) is 0.651. The predicted octanol–water partition coefficient (Wildman–Crippen LogP) is 5.43. The molecule has 1 aromatic heterocycles. The number of rotatable bonds is 9. The summed E-state index contributed by atoms with van der Waals surface area (Å²) in [4.78, 5) is 32.0. The van der Waals surface area contributed by atoms with Crippen LogP contribution < -0.4 is 24.4 Å². The van der Waals surface area contributed by atoms with E-state index in [2.05, 4.69) is 4.99 Å². The summed E-state index contributed by atoms with van der Waals surface area (Å²) in [5.41, 5.74) is 3.08. The first-order valence-electron chi connectivity index (χ1n) is 13.3. The Bertz CT molecular complexity index is 1790. The highest BCUT2D eigenvalue weighted by atomic mass is 35.5. The molecule has 0 amide bonds. The molecule has 1 aliphatic rings. The van der Waals surface area contributed by atoms with E-state index in [1.807, 2.05) is 79.7 Å². The topological polar surface area (TPSA) is 79.1 Å². The van der Waals surface area contributed by atoms with Gasteiger partial charge in [0.1, 0.15) is 6.61 Å². The third-order valence-corrected chi connectivity index (χ3v) is 7.89. The number of benzene rings is 3. The smallest absolute Gasteiger partial charge is 0.338 e. The molecule has 4 aromatic rings. The zero-order chi connectivity index (χ0) is 28.9. The van der Waals surface area contributed by atoms with Gasteiger partial charge < -0.3 is 14.2 Å². The van der Waals surface area contributed by atoms with E-state index in [4.69, 9.17) is 25.8 Å². The normalized spacial score (nSPS) is 14.8. The summed E-state index contributed by atoms with van der Waals surface area (Å²) in [5, 5.41) is 0.632. The van der Waals surface area contributed by atoms with Crippen LogP contribution in [-0.2, 0) is 16.1 Å². The molecule has 1 unspecified atom stereocenters. The van der Waals surface area contributed by atoms with Crippen molar-refractivity contribution in [3.8, 4) is 11.5 Å². The molecule has 2 heterocycles.